The van der Waals surface area contributed by atoms with E-state index in [9.17, 15) is 9.50 Å². The first-order valence-electron chi connectivity index (χ1n) is 6.58. The average molecular weight is 252 g/mol. The molecule has 1 aromatic rings. The Bertz CT molecular complexity index is 407. The van der Waals surface area contributed by atoms with Crippen molar-refractivity contribution >= 4 is 0 Å². The maximum atomic E-state index is 13.2. The van der Waals surface area contributed by atoms with Gasteiger partial charge in [0.2, 0.25) is 0 Å². The van der Waals surface area contributed by atoms with Gasteiger partial charge in [-0.05, 0) is 43.2 Å². The third-order valence-electron chi connectivity index (χ3n) is 3.77. The van der Waals surface area contributed by atoms with Crippen LogP contribution < -0.4 is 4.74 Å². The van der Waals surface area contributed by atoms with E-state index in [2.05, 4.69) is 13.8 Å². The Labute approximate surface area is 108 Å². The first-order chi connectivity index (χ1) is 8.47. The maximum Gasteiger partial charge on any atom is 0.127 e. The second-order valence-electron chi connectivity index (χ2n) is 5.61. The van der Waals surface area contributed by atoms with Crippen LogP contribution in [0.1, 0.15) is 32.3 Å². The molecule has 2 rings (SSSR count). The van der Waals surface area contributed by atoms with Crippen LogP contribution in [-0.2, 0) is 0 Å². The van der Waals surface area contributed by atoms with Crippen LogP contribution in [0.3, 0.4) is 0 Å². The van der Waals surface area contributed by atoms with Crippen molar-refractivity contribution in [3.8, 4) is 5.75 Å². The molecule has 1 aliphatic carbocycles. The third-order valence-corrected chi connectivity index (χ3v) is 3.77. The van der Waals surface area contributed by atoms with Crippen LogP contribution in [0.2, 0.25) is 0 Å². The summed E-state index contributed by atoms with van der Waals surface area (Å²) in [4.78, 5) is 0. The summed E-state index contributed by atoms with van der Waals surface area (Å²) in [5, 5.41) is 10.1. The zero-order valence-corrected chi connectivity index (χ0v) is 11.2. The molecule has 0 aliphatic heterocycles. The molecule has 2 nitrogen and oxygen atoms in total. The molecule has 1 saturated carbocycles. The second kappa shape index (κ2) is 5.27. The molecule has 100 valence electrons. The van der Waals surface area contributed by atoms with Crippen LogP contribution >= 0.6 is 0 Å². The largest absolute Gasteiger partial charge is 0.487 e. The van der Waals surface area contributed by atoms with Gasteiger partial charge in [-0.2, -0.15) is 0 Å². The molecule has 0 spiro atoms. The molecule has 0 bridgehead atoms. The van der Waals surface area contributed by atoms with E-state index < -0.39 is 6.10 Å². The summed E-state index contributed by atoms with van der Waals surface area (Å²) in [5.74, 6) is 1.04. The summed E-state index contributed by atoms with van der Waals surface area (Å²) < 4.78 is 19.1. The smallest absolute Gasteiger partial charge is 0.127 e. The fourth-order valence-electron chi connectivity index (χ4n) is 2.83. The molecule has 0 amide bonds. The lowest BCUT2D eigenvalue weighted by Gasteiger charge is -2.37. The molecule has 0 heterocycles. The Hall–Kier alpha value is -1.09. The molecule has 3 heteroatoms. The Balaban J connectivity index is 2.15. The quantitative estimate of drug-likeness (QED) is 0.875. The maximum absolute atomic E-state index is 13.2. The molecule has 4 atom stereocenters. The predicted molar refractivity (Wildman–Crippen MR) is 69.1 cm³/mol. The number of aliphatic hydroxyl groups is 1. The molecule has 1 aliphatic rings. The van der Waals surface area contributed by atoms with Gasteiger partial charge in [0.15, 0.2) is 0 Å². The molecule has 1 N–H and O–H groups in total. The molecule has 1 aromatic carbocycles. The van der Waals surface area contributed by atoms with Gasteiger partial charge in [0.1, 0.15) is 17.7 Å². The normalized spacial score (nSPS) is 32.3. The number of ether oxygens (including phenoxy) is 1. The molecule has 0 radical (unpaired) electrons. The van der Waals surface area contributed by atoms with E-state index in [1.807, 2.05) is 6.92 Å². The van der Waals surface area contributed by atoms with Gasteiger partial charge in [0, 0.05) is 6.07 Å². The van der Waals surface area contributed by atoms with Gasteiger partial charge in [-0.25, -0.2) is 4.39 Å². The number of benzene rings is 1. The van der Waals surface area contributed by atoms with Crippen LogP contribution in [0.25, 0.3) is 0 Å². The molecule has 18 heavy (non-hydrogen) atoms. The van der Waals surface area contributed by atoms with Gasteiger partial charge in [-0.1, -0.05) is 19.9 Å². The van der Waals surface area contributed by atoms with Crippen molar-refractivity contribution in [3.63, 3.8) is 0 Å². The number of rotatable bonds is 2. The van der Waals surface area contributed by atoms with Gasteiger partial charge >= 0.3 is 0 Å². The number of aliphatic hydroxyl groups excluding tert-OH is 1. The molecule has 0 aromatic heterocycles. The number of hydrogen-bond donors (Lipinski definition) is 1. The van der Waals surface area contributed by atoms with E-state index in [1.54, 1.807) is 6.07 Å². The van der Waals surface area contributed by atoms with E-state index >= 15 is 0 Å². The van der Waals surface area contributed by atoms with Crippen molar-refractivity contribution in [1.29, 1.82) is 0 Å². The van der Waals surface area contributed by atoms with Gasteiger partial charge in [0.05, 0.1) is 6.10 Å². The van der Waals surface area contributed by atoms with E-state index in [4.69, 9.17) is 4.74 Å². The molecule has 0 saturated heterocycles. The summed E-state index contributed by atoms with van der Waals surface area (Å²) >= 11 is 0. The predicted octanol–water partition coefficient (Wildman–Crippen LogP) is 3.31. The van der Waals surface area contributed by atoms with Crippen LogP contribution in [-0.4, -0.2) is 17.3 Å². The van der Waals surface area contributed by atoms with Crippen molar-refractivity contribution in [1.82, 2.24) is 0 Å². The molecule has 1 fully saturated rings. The summed E-state index contributed by atoms with van der Waals surface area (Å²) in [6.07, 6.45) is 1.09. The first kappa shape index (κ1) is 13.3. The summed E-state index contributed by atoms with van der Waals surface area (Å²) in [6, 6.07) is 4.52. The second-order valence-corrected chi connectivity index (χ2v) is 5.61. The van der Waals surface area contributed by atoms with Crippen molar-refractivity contribution in [2.75, 3.05) is 0 Å². The lowest BCUT2D eigenvalue weighted by atomic mass is 9.79. The van der Waals surface area contributed by atoms with Gasteiger partial charge in [-0.15, -0.1) is 0 Å². The van der Waals surface area contributed by atoms with Crippen LogP contribution in [0, 0.1) is 24.6 Å². The number of halogens is 1. The summed E-state index contributed by atoms with van der Waals surface area (Å²) in [5.41, 5.74) is 0.898. The zero-order chi connectivity index (χ0) is 13.3. The Kier molecular flexibility index (Phi) is 3.91. The van der Waals surface area contributed by atoms with Crippen LogP contribution in [0.15, 0.2) is 18.2 Å². The molecular formula is C15H21FO2. The van der Waals surface area contributed by atoms with Gasteiger partial charge in [0.25, 0.3) is 0 Å². The van der Waals surface area contributed by atoms with Gasteiger partial charge in [-0.3, -0.25) is 0 Å². The van der Waals surface area contributed by atoms with E-state index in [0.29, 0.717) is 11.7 Å². The van der Waals surface area contributed by atoms with E-state index in [-0.39, 0.29) is 17.8 Å². The minimum atomic E-state index is -0.466. The Morgan fingerprint density at radius 2 is 2.00 bits per heavy atom. The lowest BCUT2D eigenvalue weighted by molar-refractivity contribution is -0.0392. The first-order valence-corrected chi connectivity index (χ1v) is 6.58. The number of aryl methyl sites for hydroxylation is 1. The standard InChI is InChI=1S/C15H21FO2/c1-9-6-11(3)15(13(17)7-9)18-14-8-12(16)5-4-10(14)2/h4-5,8-9,11,13,15,17H,6-7H2,1-3H3. The average Bonchev–Trinajstić information content (AvgIpc) is 2.28. The minimum absolute atomic E-state index is 0.235. The highest BCUT2D eigenvalue weighted by Gasteiger charge is 2.34. The van der Waals surface area contributed by atoms with Crippen LogP contribution in [0.5, 0.6) is 5.75 Å². The minimum Gasteiger partial charge on any atom is -0.487 e. The number of hydrogen-bond acceptors (Lipinski definition) is 2. The highest BCUT2D eigenvalue weighted by atomic mass is 19.1. The van der Waals surface area contributed by atoms with Crippen LogP contribution in [0.4, 0.5) is 4.39 Å². The summed E-state index contributed by atoms with van der Waals surface area (Å²) in [6.45, 7) is 6.11. The van der Waals surface area contributed by atoms with Crippen molar-refractivity contribution in [3.05, 3.63) is 29.6 Å². The summed E-state index contributed by atoms with van der Waals surface area (Å²) in [7, 11) is 0. The highest BCUT2D eigenvalue weighted by Crippen LogP contribution is 2.33. The topological polar surface area (TPSA) is 29.5 Å². The Morgan fingerprint density at radius 1 is 1.28 bits per heavy atom. The monoisotopic (exact) mass is 252 g/mol. The highest BCUT2D eigenvalue weighted by molar-refractivity contribution is 5.33. The van der Waals surface area contributed by atoms with E-state index in [1.165, 1.54) is 12.1 Å². The van der Waals surface area contributed by atoms with Gasteiger partial charge < -0.3 is 9.84 Å². The van der Waals surface area contributed by atoms with Crippen molar-refractivity contribution in [2.24, 2.45) is 11.8 Å². The third kappa shape index (κ3) is 2.83. The molecule has 4 unspecified atom stereocenters. The fourth-order valence-corrected chi connectivity index (χ4v) is 2.83. The molecular weight excluding hydrogens is 231 g/mol. The van der Waals surface area contributed by atoms with E-state index in [0.717, 1.165) is 18.4 Å². The van der Waals surface area contributed by atoms with Crippen molar-refractivity contribution in [2.45, 2.75) is 45.8 Å². The van der Waals surface area contributed by atoms with Crippen molar-refractivity contribution < 1.29 is 14.2 Å². The lowest BCUT2D eigenvalue weighted by Crippen LogP contribution is -2.43. The zero-order valence-electron chi connectivity index (χ0n) is 11.2. The SMILES string of the molecule is Cc1ccc(F)cc1OC1C(C)CC(C)CC1O. The Morgan fingerprint density at radius 3 is 2.67 bits per heavy atom. The fraction of sp³-hybridized carbons (Fsp3) is 0.600.